The molecule has 0 spiro atoms. The number of nitrogens with two attached hydrogens (primary N) is 2. The Balaban J connectivity index is 0.000000186. The Morgan fingerprint density at radius 3 is 2.52 bits per heavy atom. The number of aldehydes is 1. The molecule has 1 amide bonds. The van der Waals surface area contributed by atoms with E-state index in [9.17, 15) is 14.4 Å². The van der Waals surface area contributed by atoms with Crippen LogP contribution in [-0.4, -0.2) is 50.4 Å². The van der Waals surface area contributed by atoms with Crippen molar-refractivity contribution >= 4 is 29.9 Å². The summed E-state index contributed by atoms with van der Waals surface area (Å²) in [5.74, 6) is -0.539. The van der Waals surface area contributed by atoms with Crippen molar-refractivity contribution in [3.63, 3.8) is 0 Å². The molecule has 3 atom stereocenters. The molecule has 0 unspecified atom stereocenters. The number of carboxylic acid groups (broad SMARTS) is 1. The molecule has 1 saturated heterocycles. The van der Waals surface area contributed by atoms with Gasteiger partial charge in [-0.3, -0.25) is 9.69 Å². The third-order valence-corrected chi connectivity index (χ3v) is 5.27. The first-order valence-electron chi connectivity index (χ1n) is 7.41. The molecule has 0 aromatic heterocycles. The summed E-state index contributed by atoms with van der Waals surface area (Å²) >= 11 is 1.51. The van der Waals surface area contributed by atoms with Crippen LogP contribution in [0.2, 0.25) is 0 Å². The van der Waals surface area contributed by atoms with Crippen molar-refractivity contribution < 1.29 is 24.6 Å². The van der Waals surface area contributed by atoms with Gasteiger partial charge in [0, 0.05) is 5.75 Å². The summed E-state index contributed by atoms with van der Waals surface area (Å²) in [5, 5.41) is 17.6. The zero-order valence-corrected chi connectivity index (χ0v) is 14.3. The van der Waals surface area contributed by atoms with E-state index in [0.717, 1.165) is 5.57 Å². The second-order valence-corrected chi connectivity index (χ2v) is 6.73. The van der Waals surface area contributed by atoms with Crippen LogP contribution in [0, 0.1) is 0 Å². The first kappa shape index (κ1) is 19.0. The highest BCUT2D eigenvalue weighted by molar-refractivity contribution is 8.00. The number of nitrogens with zero attached hydrogens (tertiary/aromatic N) is 1. The minimum absolute atomic E-state index is 0.112. The van der Waals surface area contributed by atoms with Gasteiger partial charge in [0.1, 0.15) is 29.1 Å². The van der Waals surface area contributed by atoms with Gasteiger partial charge < -0.3 is 26.5 Å². The molecule has 9 heteroatoms. The first-order valence-corrected chi connectivity index (χ1v) is 8.46. The van der Waals surface area contributed by atoms with Gasteiger partial charge in [-0.25, -0.2) is 4.79 Å². The van der Waals surface area contributed by atoms with E-state index in [1.54, 1.807) is 19.1 Å². The Bertz CT molecular complexity index is 719. The Hall–Kier alpha value is -2.36. The normalized spacial score (nSPS) is 23.0. The number of fused-ring (bicyclic) bond motifs is 1. The van der Waals surface area contributed by atoms with Gasteiger partial charge in [0.25, 0.3) is 0 Å². The number of benzene rings is 1. The highest BCUT2D eigenvalue weighted by Crippen LogP contribution is 2.38. The first-order chi connectivity index (χ1) is 11.8. The van der Waals surface area contributed by atoms with Crippen LogP contribution in [0.4, 0.5) is 0 Å². The maximum Gasteiger partial charge on any atom is 0.352 e. The van der Waals surface area contributed by atoms with Crippen LogP contribution in [0.25, 0.3) is 0 Å². The monoisotopic (exact) mass is 365 g/mol. The summed E-state index contributed by atoms with van der Waals surface area (Å²) in [5.41, 5.74) is 12.5. The molecule has 0 radical (unpaired) electrons. The predicted molar refractivity (Wildman–Crippen MR) is 92.5 cm³/mol. The van der Waals surface area contributed by atoms with Crippen LogP contribution in [0.15, 0.2) is 35.5 Å². The van der Waals surface area contributed by atoms with Crippen LogP contribution < -0.4 is 11.5 Å². The largest absolute Gasteiger partial charge is 0.508 e. The van der Waals surface area contributed by atoms with Gasteiger partial charge in [0.15, 0.2) is 0 Å². The molecule has 2 heterocycles. The van der Waals surface area contributed by atoms with Gasteiger partial charge >= 0.3 is 5.97 Å². The lowest BCUT2D eigenvalue weighted by Gasteiger charge is -2.47. The van der Waals surface area contributed by atoms with E-state index in [2.05, 4.69) is 0 Å². The summed E-state index contributed by atoms with van der Waals surface area (Å²) in [6.07, 6.45) is 0.659. The number of carbonyl (C=O) groups is 3. The van der Waals surface area contributed by atoms with Crippen molar-refractivity contribution in [1.82, 2.24) is 4.90 Å². The Morgan fingerprint density at radius 1 is 1.40 bits per heavy atom. The predicted octanol–water partition coefficient (Wildman–Crippen LogP) is 0.178. The van der Waals surface area contributed by atoms with Crippen LogP contribution >= 0.6 is 11.8 Å². The molecule has 1 aromatic rings. The molecule has 1 aromatic carbocycles. The highest BCUT2D eigenvalue weighted by atomic mass is 32.2. The van der Waals surface area contributed by atoms with Crippen molar-refractivity contribution in [3.05, 3.63) is 41.1 Å². The number of hydrogen-bond donors (Lipinski definition) is 4. The average Bonchev–Trinajstić information content (AvgIpc) is 2.61. The van der Waals surface area contributed by atoms with E-state index in [1.165, 1.54) is 28.8 Å². The number of carbonyl (C=O) groups excluding carboxylic acids is 2. The molecule has 1 fully saturated rings. The highest BCUT2D eigenvalue weighted by Gasteiger charge is 2.51. The maximum atomic E-state index is 11.3. The molecule has 0 bridgehead atoms. The minimum atomic E-state index is -1.05. The van der Waals surface area contributed by atoms with Gasteiger partial charge in [-0.15, -0.1) is 11.8 Å². The molecule has 0 aliphatic carbocycles. The number of aliphatic carboxylic acids is 1. The van der Waals surface area contributed by atoms with Crippen LogP contribution in [0.5, 0.6) is 5.75 Å². The Kier molecular flexibility index (Phi) is 5.83. The molecular formula is C16H19N3O5S. The number of hydrogen-bond acceptors (Lipinski definition) is 7. The van der Waals surface area contributed by atoms with Gasteiger partial charge in [0.05, 0.1) is 6.04 Å². The van der Waals surface area contributed by atoms with E-state index >= 15 is 0 Å². The fraction of sp³-hybridized carbons (Fsp3) is 0.312. The van der Waals surface area contributed by atoms with Crippen LogP contribution in [0.1, 0.15) is 18.5 Å². The average molecular weight is 365 g/mol. The van der Waals surface area contributed by atoms with Gasteiger partial charge in [-0.2, -0.15) is 0 Å². The lowest BCUT2D eigenvalue weighted by Crippen LogP contribution is -2.68. The van der Waals surface area contributed by atoms with Crippen molar-refractivity contribution in [2.24, 2.45) is 11.5 Å². The number of amides is 1. The van der Waals surface area contributed by atoms with Crippen molar-refractivity contribution in [3.8, 4) is 5.75 Å². The number of thioether (sulfide) groups is 1. The summed E-state index contributed by atoms with van der Waals surface area (Å²) in [4.78, 5) is 33.7. The SMILES string of the molecule is CC1=C(C(=O)O)N2C(=O)[C@@H](N)[C@H]2SC1.N[C@@H](C=O)c1ccc(O)cc1. The summed E-state index contributed by atoms with van der Waals surface area (Å²) in [6.45, 7) is 1.73. The second kappa shape index (κ2) is 7.68. The molecule has 2 aliphatic rings. The van der Waals surface area contributed by atoms with E-state index in [4.69, 9.17) is 21.7 Å². The zero-order chi connectivity index (χ0) is 18.7. The van der Waals surface area contributed by atoms with E-state index in [-0.39, 0.29) is 22.7 Å². The van der Waals surface area contributed by atoms with Crippen molar-refractivity contribution in [2.45, 2.75) is 24.4 Å². The number of β-lactam (4-membered cyclic amide) rings is 1. The number of phenolic OH excluding ortho intramolecular Hbond substituents is 1. The Morgan fingerprint density at radius 2 is 2.00 bits per heavy atom. The molecule has 0 saturated carbocycles. The summed E-state index contributed by atoms with van der Waals surface area (Å²) in [7, 11) is 0. The third-order valence-electron chi connectivity index (χ3n) is 3.83. The Labute approximate surface area is 148 Å². The zero-order valence-electron chi connectivity index (χ0n) is 13.5. The third kappa shape index (κ3) is 3.84. The molecule has 6 N–H and O–H groups in total. The van der Waals surface area contributed by atoms with E-state index in [0.29, 0.717) is 17.6 Å². The molecule has 3 rings (SSSR count). The number of rotatable bonds is 3. The topological polar surface area (TPSA) is 147 Å². The second-order valence-electron chi connectivity index (χ2n) is 5.62. The molecular weight excluding hydrogens is 346 g/mol. The lowest BCUT2D eigenvalue weighted by atomic mass is 10.0. The number of carboxylic acids is 1. The molecule has 8 nitrogen and oxygen atoms in total. The van der Waals surface area contributed by atoms with Gasteiger partial charge in [-0.1, -0.05) is 12.1 Å². The van der Waals surface area contributed by atoms with E-state index in [1.807, 2.05) is 0 Å². The quantitative estimate of drug-likeness (QED) is 0.438. The van der Waals surface area contributed by atoms with Crippen LogP contribution in [0.3, 0.4) is 0 Å². The van der Waals surface area contributed by atoms with Gasteiger partial charge in [0.2, 0.25) is 5.91 Å². The van der Waals surface area contributed by atoms with Crippen molar-refractivity contribution in [2.75, 3.05) is 5.75 Å². The standard InChI is InChI=1S/C8H10N2O3S.C8H9NO2/c1-3-2-14-7-4(9)6(11)10(7)5(3)8(12)13;9-8(5-10)6-1-3-7(11)4-2-6/h4,7H,2,9H2,1H3,(H,12,13);1-5,8,11H,9H2/t4-,7-;8-/m10/s1. The smallest absolute Gasteiger partial charge is 0.352 e. The fourth-order valence-corrected chi connectivity index (χ4v) is 3.69. The number of phenols is 1. The number of aromatic hydroxyl groups is 1. The molecule has 134 valence electrons. The lowest BCUT2D eigenvalue weighted by molar-refractivity contribution is -0.147. The summed E-state index contributed by atoms with van der Waals surface area (Å²) < 4.78 is 0. The fourth-order valence-electron chi connectivity index (χ4n) is 2.45. The van der Waals surface area contributed by atoms with Crippen molar-refractivity contribution in [1.29, 1.82) is 0 Å². The molecule has 25 heavy (non-hydrogen) atoms. The maximum absolute atomic E-state index is 11.3. The summed E-state index contributed by atoms with van der Waals surface area (Å²) in [6, 6.07) is 5.11. The van der Waals surface area contributed by atoms with Crippen LogP contribution in [-0.2, 0) is 14.4 Å². The van der Waals surface area contributed by atoms with Gasteiger partial charge in [-0.05, 0) is 30.2 Å². The minimum Gasteiger partial charge on any atom is -0.508 e. The molecule has 2 aliphatic heterocycles. The van der Waals surface area contributed by atoms with E-state index < -0.39 is 18.1 Å².